The fourth-order valence-corrected chi connectivity index (χ4v) is 2.63. The first-order valence-corrected chi connectivity index (χ1v) is 6.75. The molecule has 0 aliphatic carbocycles. The molecule has 0 saturated carbocycles. The molecule has 2 heterocycles. The summed E-state index contributed by atoms with van der Waals surface area (Å²) < 4.78 is 47.9. The summed E-state index contributed by atoms with van der Waals surface area (Å²) in [6.45, 7) is 0.286. The van der Waals surface area contributed by atoms with Crippen LogP contribution < -0.4 is 4.90 Å². The van der Waals surface area contributed by atoms with Gasteiger partial charge in [-0.05, 0) is 6.07 Å². The lowest BCUT2D eigenvalue weighted by molar-refractivity contribution is -0.142. The molecule has 0 N–H and O–H groups in total. The minimum absolute atomic E-state index is 0.101. The smallest absolute Gasteiger partial charge is 0.417 e. The van der Waals surface area contributed by atoms with E-state index in [2.05, 4.69) is 4.98 Å². The summed E-state index contributed by atoms with van der Waals surface area (Å²) in [7, 11) is 2.73. The summed E-state index contributed by atoms with van der Waals surface area (Å²) in [4.78, 5) is 17.1. The van der Waals surface area contributed by atoms with Gasteiger partial charge >= 0.3 is 12.1 Å². The van der Waals surface area contributed by atoms with Crippen molar-refractivity contribution >= 4 is 23.4 Å². The molecule has 122 valence electrons. The van der Waals surface area contributed by atoms with Gasteiger partial charge in [0.25, 0.3) is 0 Å². The van der Waals surface area contributed by atoms with Crippen molar-refractivity contribution in [2.24, 2.45) is 0 Å². The van der Waals surface area contributed by atoms with Crippen molar-refractivity contribution in [2.45, 2.75) is 24.7 Å². The van der Waals surface area contributed by atoms with Crippen LogP contribution in [0.3, 0.4) is 0 Å². The number of nitrogens with zero attached hydrogens (tertiary/aromatic N) is 2. The molecule has 9 heteroatoms. The summed E-state index contributed by atoms with van der Waals surface area (Å²) in [5.74, 6) is -0.415. The number of hydrogen-bond donors (Lipinski definition) is 0. The van der Waals surface area contributed by atoms with E-state index in [1.165, 1.54) is 19.1 Å². The second-order valence-electron chi connectivity index (χ2n) is 4.81. The number of pyridine rings is 1. The van der Waals surface area contributed by atoms with Crippen molar-refractivity contribution in [1.29, 1.82) is 0 Å². The Kier molecular flexibility index (Phi) is 4.81. The first-order chi connectivity index (χ1) is 10.3. The fraction of sp³-hybridized carbons (Fsp3) is 0.538. The Hall–Kier alpha value is -1.54. The van der Waals surface area contributed by atoms with Gasteiger partial charge in [-0.3, -0.25) is 0 Å². The second kappa shape index (κ2) is 6.29. The molecular weight excluding hydrogens is 325 g/mol. The second-order valence-corrected chi connectivity index (χ2v) is 5.22. The highest BCUT2D eigenvalue weighted by atomic mass is 35.5. The molecule has 1 saturated heterocycles. The van der Waals surface area contributed by atoms with Gasteiger partial charge in [-0.1, -0.05) is 11.6 Å². The van der Waals surface area contributed by atoms with Crippen molar-refractivity contribution in [1.82, 2.24) is 4.98 Å². The third-order valence-corrected chi connectivity index (χ3v) is 3.77. The first-order valence-electron chi connectivity index (χ1n) is 6.38. The third kappa shape index (κ3) is 3.27. The average molecular weight is 339 g/mol. The van der Waals surface area contributed by atoms with E-state index in [1.807, 2.05) is 0 Å². The number of anilines is 1. The average Bonchev–Trinajstić information content (AvgIpc) is 2.89. The van der Waals surface area contributed by atoms with E-state index >= 15 is 0 Å². The van der Waals surface area contributed by atoms with Crippen LogP contribution in [0.2, 0.25) is 5.02 Å². The van der Waals surface area contributed by atoms with E-state index in [4.69, 9.17) is 21.1 Å². The molecule has 1 aromatic rings. The van der Waals surface area contributed by atoms with Crippen molar-refractivity contribution in [3.8, 4) is 0 Å². The van der Waals surface area contributed by atoms with Gasteiger partial charge in [0.05, 0.1) is 23.8 Å². The highest BCUT2D eigenvalue weighted by molar-refractivity contribution is 6.33. The Labute approximate surface area is 130 Å². The Morgan fingerprint density at radius 1 is 1.45 bits per heavy atom. The number of aromatic nitrogens is 1. The highest BCUT2D eigenvalue weighted by Gasteiger charge is 2.40. The maximum absolute atomic E-state index is 12.6. The predicted molar refractivity (Wildman–Crippen MR) is 72.8 cm³/mol. The normalized spacial score (nSPS) is 22.0. The maximum atomic E-state index is 12.6. The molecule has 0 aromatic carbocycles. The van der Waals surface area contributed by atoms with Gasteiger partial charge in [-0.2, -0.15) is 13.2 Å². The number of hydrogen-bond acceptors (Lipinski definition) is 5. The highest BCUT2D eigenvalue weighted by Crippen LogP contribution is 2.36. The Bertz CT molecular complexity index is 568. The van der Waals surface area contributed by atoms with Gasteiger partial charge < -0.3 is 14.4 Å². The van der Waals surface area contributed by atoms with E-state index < -0.39 is 23.8 Å². The van der Waals surface area contributed by atoms with Crippen LogP contribution in [0.25, 0.3) is 0 Å². The Balaban J connectivity index is 2.34. The number of alkyl halides is 3. The van der Waals surface area contributed by atoms with Crippen LogP contribution >= 0.6 is 11.6 Å². The summed E-state index contributed by atoms with van der Waals surface area (Å²) in [5.41, 5.74) is -0.946. The van der Waals surface area contributed by atoms with E-state index in [0.29, 0.717) is 12.6 Å². The molecule has 2 rings (SSSR count). The van der Waals surface area contributed by atoms with Crippen LogP contribution in [-0.2, 0) is 20.4 Å². The number of rotatable bonds is 3. The van der Waals surface area contributed by atoms with Gasteiger partial charge in [0, 0.05) is 26.3 Å². The molecule has 22 heavy (non-hydrogen) atoms. The lowest BCUT2D eigenvalue weighted by Gasteiger charge is -2.24. The standard InChI is InChI=1S/C13H14ClF3N2O3/c1-21-8-4-10(12(20)22-2)19(6-8)11-9(14)3-7(5-18-11)13(15,16)17/h3,5,8,10H,4,6H2,1-2H3/t8-,10-/m0/s1. The van der Waals surface area contributed by atoms with Crippen molar-refractivity contribution in [3.63, 3.8) is 0 Å². The fourth-order valence-electron chi connectivity index (χ4n) is 2.36. The maximum Gasteiger partial charge on any atom is 0.417 e. The summed E-state index contributed by atoms with van der Waals surface area (Å²) >= 11 is 5.92. The van der Waals surface area contributed by atoms with Crippen LogP contribution in [0.4, 0.5) is 19.0 Å². The zero-order valence-corrected chi connectivity index (χ0v) is 12.6. The zero-order chi connectivity index (χ0) is 16.5. The Morgan fingerprint density at radius 2 is 2.14 bits per heavy atom. The minimum atomic E-state index is -4.53. The largest absolute Gasteiger partial charge is 0.467 e. The molecule has 0 amide bonds. The third-order valence-electron chi connectivity index (χ3n) is 3.49. The van der Waals surface area contributed by atoms with Gasteiger partial charge in [0.1, 0.15) is 11.9 Å². The molecule has 0 radical (unpaired) electrons. The Morgan fingerprint density at radius 3 is 2.64 bits per heavy atom. The van der Waals surface area contributed by atoms with Crippen molar-refractivity contribution < 1.29 is 27.4 Å². The molecule has 0 bridgehead atoms. The topological polar surface area (TPSA) is 51.7 Å². The number of carbonyl (C=O) groups excluding carboxylic acids is 1. The van der Waals surface area contributed by atoms with E-state index in [1.54, 1.807) is 0 Å². The van der Waals surface area contributed by atoms with Gasteiger partial charge in [0.2, 0.25) is 0 Å². The quantitative estimate of drug-likeness (QED) is 0.793. The number of halogens is 4. The first kappa shape index (κ1) is 16.8. The van der Waals surface area contributed by atoms with E-state index in [9.17, 15) is 18.0 Å². The molecule has 0 spiro atoms. The number of esters is 1. The molecule has 2 atom stereocenters. The van der Waals surface area contributed by atoms with Crippen molar-refractivity contribution in [2.75, 3.05) is 25.7 Å². The minimum Gasteiger partial charge on any atom is -0.467 e. The molecule has 0 unspecified atom stereocenters. The lowest BCUT2D eigenvalue weighted by atomic mass is 10.2. The zero-order valence-electron chi connectivity index (χ0n) is 11.9. The molecule has 1 aliphatic rings. The van der Waals surface area contributed by atoms with Crippen LogP contribution in [-0.4, -0.2) is 43.9 Å². The number of carbonyl (C=O) groups is 1. The van der Waals surface area contributed by atoms with E-state index in [0.717, 1.165) is 6.07 Å². The van der Waals surface area contributed by atoms with E-state index in [-0.39, 0.29) is 23.5 Å². The van der Waals surface area contributed by atoms with Crippen LogP contribution in [0.15, 0.2) is 12.3 Å². The SMILES string of the molecule is COC(=O)[C@@H]1C[C@H](OC)CN1c1ncc(C(F)(F)F)cc1Cl. The molecule has 1 fully saturated rings. The predicted octanol–water partition coefficient (Wildman–Crippen LogP) is 2.52. The van der Waals surface area contributed by atoms with Gasteiger partial charge in [-0.25, -0.2) is 9.78 Å². The lowest BCUT2D eigenvalue weighted by Crippen LogP contribution is -2.37. The molecule has 5 nitrogen and oxygen atoms in total. The van der Waals surface area contributed by atoms with Crippen LogP contribution in [0.1, 0.15) is 12.0 Å². The summed E-state index contributed by atoms with van der Waals surface area (Å²) in [6.07, 6.45) is -3.75. The van der Waals surface area contributed by atoms with Crippen molar-refractivity contribution in [3.05, 3.63) is 22.8 Å². The molecule has 1 aliphatic heterocycles. The summed E-state index contributed by atoms with van der Waals surface area (Å²) in [6, 6.07) is 0.0925. The number of ether oxygens (including phenoxy) is 2. The monoisotopic (exact) mass is 338 g/mol. The van der Waals surface area contributed by atoms with Gasteiger partial charge in [0.15, 0.2) is 0 Å². The summed E-state index contributed by atoms with van der Waals surface area (Å²) in [5, 5.41) is -0.180. The molecular formula is C13H14ClF3N2O3. The van der Waals surface area contributed by atoms with Crippen LogP contribution in [0.5, 0.6) is 0 Å². The van der Waals surface area contributed by atoms with Crippen LogP contribution in [0, 0.1) is 0 Å². The van der Waals surface area contributed by atoms with Gasteiger partial charge in [-0.15, -0.1) is 0 Å². The number of methoxy groups -OCH3 is 2. The molecule has 1 aromatic heterocycles.